The van der Waals surface area contributed by atoms with Crippen molar-refractivity contribution in [1.82, 2.24) is 5.32 Å². The number of ether oxygens (including phenoxy) is 1. The molecule has 0 bridgehead atoms. The molecule has 1 rings (SSSR count). The van der Waals surface area contributed by atoms with Gasteiger partial charge in [0.2, 0.25) is 0 Å². The van der Waals surface area contributed by atoms with Crippen molar-refractivity contribution in [3.63, 3.8) is 0 Å². The molecule has 1 fully saturated rings. The van der Waals surface area contributed by atoms with Gasteiger partial charge in [-0.2, -0.15) is 0 Å². The Hall–Kier alpha value is -0.200. The number of carbonyl (C=O) groups excluding carboxylic acids is 1. The lowest BCUT2D eigenvalue weighted by atomic mass is 10.0. The SMILES string of the molecule is C[C@]1(NC(=O)OC(CCl)CCl)CCS(=O)(=O)C1. The lowest BCUT2D eigenvalue weighted by molar-refractivity contribution is 0.110. The van der Waals surface area contributed by atoms with E-state index in [9.17, 15) is 13.2 Å². The van der Waals surface area contributed by atoms with Crippen LogP contribution >= 0.6 is 23.2 Å². The van der Waals surface area contributed by atoms with Gasteiger partial charge < -0.3 is 10.1 Å². The van der Waals surface area contributed by atoms with Crippen LogP contribution < -0.4 is 5.32 Å². The van der Waals surface area contributed by atoms with Crippen LogP contribution in [0.4, 0.5) is 4.79 Å². The standard InChI is InChI=1S/C9H15Cl2NO4S/c1-9(2-3-17(14,15)6-9)12-8(13)16-7(4-10)5-11/h7H,2-6H2,1H3,(H,12,13)/t9-/m0/s1. The van der Waals surface area contributed by atoms with Gasteiger partial charge in [-0.05, 0) is 13.3 Å². The molecule has 100 valence electrons. The number of alkyl carbamates (subject to hydrolysis) is 1. The van der Waals surface area contributed by atoms with Crippen LogP contribution in [0.1, 0.15) is 13.3 Å². The van der Waals surface area contributed by atoms with Crippen molar-refractivity contribution in [3.05, 3.63) is 0 Å². The Kier molecular flexibility index (Phi) is 4.92. The Morgan fingerprint density at radius 3 is 2.47 bits per heavy atom. The van der Waals surface area contributed by atoms with E-state index in [1.807, 2.05) is 0 Å². The number of halogens is 2. The fraction of sp³-hybridized carbons (Fsp3) is 0.889. The molecular weight excluding hydrogens is 289 g/mol. The Morgan fingerprint density at radius 2 is 2.06 bits per heavy atom. The number of carbonyl (C=O) groups is 1. The molecule has 8 heteroatoms. The molecule has 1 atom stereocenters. The monoisotopic (exact) mass is 303 g/mol. The van der Waals surface area contributed by atoms with Crippen LogP contribution in [0.2, 0.25) is 0 Å². The second-order valence-corrected chi connectivity index (χ2v) is 7.16. The summed E-state index contributed by atoms with van der Waals surface area (Å²) >= 11 is 11.0. The first-order valence-electron chi connectivity index (χ1n) is 5.11. The summed E-state index contributed by atoms with van der Waals surface area (Å²) in [6, 6.07) is 0. The van der Waals surface area contributed by atoms with Crippen LogP contribution in [-0.2, 0) is 14.6 Å². The Morgan fingerprint density at radius 1 is 1.47 bits per heavy atom. The van der Waals surface area contributed by atoms with Gasteiger partial charge in [-0.3, -0.25) is 0 Å². The molecule has 0 radical (unpaired) electrons. The minimum Gasteiger partial charge on any atom is -0.444 e. The number of nitrogens with one attached hydrogen (secondary N) is 1. The smallest absolute Gasteiger partial charge is 0.407 e. The van der Waals surface area contributed by atoms with E-state index >= 15 is 0 Å². The maximum atomic E-state index is 11.5. The molecule has 0 aromatic heterocycles. The summed E-state index contributed by atoms with van der Waals surface area (Å²) in [5.41, 5.74) is -0.765. The third-order valence-corrected chi connectivity index (χ3v) is 5.12. The highest BCUT2D eigenvalue weighted by Crippen LogP contribution is 2.22. The van der Waals surface area contributed by atoms with Gasteiger partial charge >= 0.3 is 6.09 Å². The summed E-state index contributed by atoms with van der Waals surface area (Å²) in [6.45, 7) is 1.68. The van der Waals surface area contributed by atoms with Crippen LogP contribution in [0.3, 0.4) is 0 Å². The van der Waals surface area contributed by atoms with Gasteiger partial charge in [0.15, 0.2) is 9.84 Å². The fourth-order valence-corrected chi connectivity index (χ4v) is 4.19. The highest BCUT2D eigenvalue weighted by molar-refractivity contribution is 7.91. The van der Waals surface area contributed by atoms with Crippen molar-refractivity contribution >= 4 is 39.1 Å². The van der Waals surface area contributed by atoms with E-state index in [2.05, 4.69) is 5.32 Å². The second kappa shape index (κ2) is 5.63. The van der Waals surface area contributed by atoms with E-state index in [0.717, 1.165) is 0 Å². The molecule has 1 saturated heterocycles. The molecule has 0 spiro atoms. The van der Waals surface area contributed by atoms with Crippen LogP contribution in [-0.4, -0.2) is 49.4 Å². The number of sulfone groups is 1. The van der Waals surface area contributed by atoms with Gasteiger partial charge in [-0.15, -0.1) is 23.2 Å². The molecule has 0 aliphatic carbocycles. The van der Waals surface area contributed by atoms with Crippen LogP contribution in [0.25, 0.3) is 0 Å². The van der Waals surface area contributed by atoms with Crippen molar-refractivity contribution < 1.29 is 17.9 Å². The summed E-state index contributed by atoms with van der Waals surface area (Å²) < 4.78 is 27.6. The molecule has 0 saturated carbocycles. The molecule has 1 amide bonds. The Bertz CT molecular complexity index is 382. The molecule has 0 unspecified atom stereocenters. The maximum Gasteiger partial charge on any atom is 0.407 e. The van der Waals surface area contributed by atoms with Crippen molar-refractivity contribution in [1.29, 1.82) is 0 Å². The first kappa shape index (κ1) is 14.9. The number of hydrogen-bond donors (Lipinski definition) is 1. The van der Waals surface area contributed by atoms with E-state index < -0.39 is 27.6 Å². The van der Waals surface area contributed by atoms with E-state index in [0.29, 0.717) is 6.42 Å². The average molecular weight is 304 g/mol. The summed E-state index contributed by atoms with van der Waals surface area (Å²) in [6.07, 6.45) is -0.868. The summed E-state index contributed by atoms with van der Waals surface area (Å²) in [4.78, 5) is 11.5. The lowest BCUT2D eigenvalue weighted by Gasteiger charge is -2.24. The molecule has 1 heterocycles. The third-order valence-electron chi connectivity index (χ3n) is 2.53. The summed E-state index contributed by atoms with van der Waals surface area (Å²) in [5, 5.41) is 2.55. The van der Waals surface area contributed by atoms with Crippen molar-refractivity contribution in [2.45, 2.75) is 25.0 Å². The molecule has 1 aliphatic rings. The van der Waals surface area contributed by atoms with Gasteiger partial charge in [0.1, 0.15) is 6.10 Å². The maximum absolute atomic E-state index is 11.5. The Balaban J connectivity index is 2.52. The molecule has 5 nitrogen and oxygen atoms in total. The highest BCUT2D eigenvalue weighted by atomic mass is 35.5. The zero-order chi connectivity index (χ0) is 13.1. The van der Waals surface area contributed by atoms with Crippen molar-refractivity contribution in [2.75, 3.05) is 23.3 Å². The van der Waals surface area contributed by atoms with Gasteiger partial charge in [-0.25, -0.2) is 13.2 Å². The minimum absolute atomic E-state index is 0.0679. The van der Waals surface area contributed by atoms with Crippen LogP contribution in [0.5, 0.6) is 0 Å². The molecular formula is C9H15Cl2NO4S. The molecule has 17 heavy (non-hydrogen) atoms. The average Bonchev–Trinajstić information content (AvgIpc) is 2.49. The highest BCUT2D eigenvalue weighted by Gasteiger charge is 2.40. The molecule has 0 aromatic carbocycles. The normalized spacial score (nSPS) is 27.1. The summed E-state index contributed by atoms with van der Waals surface area (Å²) in [7, 11) is -3.06. The van der Waals surface area contributed by atoms with Gasteiger partial charge in [0.05, 0.1) is 28.8 Å². The molecule has 0 aromatic rings. The fourth-order valence-electron chi connectivity index (χ4n) is 1.64. The quantitative estimate of drug-likeness (QED) is 0.790. The van der Waals surface area contributed by atoms with Gasteiger partial charge in [-0.1, -0.05) is 0 Å². The third kappa shape index (κ3) is 4.52. The van der Waals surface area contributed by atoms with Crippen LogP contribution in [0, 0.1) is 0 Å². The first-order valence-corrected chi connectivity index (χ1v) is 8.00. The first-order chi connectivity index (χ1) is 7.80. The van der Waals surface area contributed by atoms with Gasteiger partial charge in [0.25, 0.3) is 0 Å². The van der Waals surface area contributed by atoms with E-state index in [4.69, 9.17) is 27.9 Å². The predicted molar refractivity (Wildman–Crippen MR) is 66.5 cm³/mol. The Labute approximate surface area is 111 Å². The zero-order valence-electron chi connectivity index (χ0n) is 9.41. The number of alkyl halides is 2. The topological polar surface area (TPSA) is 72.5 Å². The summed E-state index contributed by atoms with van der Waals surface area (Å²) in [5.74, 6) is 0.220. The number of rotatable bonds is 4. The van der Waals surface area contributed by atoms with E-state index in [1.54, 1.807) is 6.92 Å². The largest absolute Gasteiger partial charge is 0.444 e. The minimum atomic E-state index is -3.06. The number of hydrogen-bond acceptors (Lipinski definition) is 4. The second-order valence-electron chi connectivity index (χ2n) is 4.36. The van der Waals surface area contributed by atoms with Crippen LogP contribution in [0.15, 0.2) is 0 Å². The lowest BCUT2D eigenvalue weighted by Crippen LogP contribution is -2.48. The zero-order valence-corrected chi connectivity index (χ0v) is 11.7. The van der Waals surface area contributed by atoms with Crippen molar-refractivity contribution in [2.24, 2.45) is 0 Å². The van der Waals surface area contributed by atoms with E-state index in [1.165, 1.54) is 0 Å². The molecule has 1 N–H and O–H groups in total. The molecule has 1 aliphatic heterocycles. The predicted octanol–water partition coefficient (Wildman–Crippen LogP) is 1.14. The van der Waals surface area contributed by atoms with Crippen molar-refractivity contribution in [3.8, 4) is 0 Å². The van der Waals surface area contributed by atoms with E-state index in [-0.39, 0.29) is 23.3 Å². The number of amides is 1. The van der Waals surface area contributed by atoms with Gasteiger partial charge in [0, 0.05) is 0 Å².